The van der Waals surface area contributed by atoms with Gasteiger partial charge in [-0.15, -0.1) is 0 Å². The number of methoxy groups -OCH3 is 1. The normalized spacial score (nSPS) is 14.8. The highest BCUT2D eigenvalue weighted by molar-refractivity contribution is 6.32. The highest BCUT2D eigenvalue weighted by Gasteiger charge is 2.22. The monoisotopic (exact) mass is 521 g/mol. The number of carbonyl (C=O) groups is 1. The molecule has 1 fully saturated rings. The number of rotatable bonds is 7. The molecule has 192 valence electrons. The van der Waals surface area contributed by atoms with Crippen LogP contribution in [-0.2, 0) is 11.3 Å². The fourth-order valence-corrected chi connectivity index (χ4v) is 4.34. The van der Waals surface area contributed by atoms with Crippen molar-refractivity contribution in [3.63, 3.8) is 0 Å². The molecule has 0 bridgehead atoms. The highest BCUT2D eigenvalue weighted by Crippen LogP contribution is 2.33. The van der Waals surface area contributed by atoms with Gasteiger partial charge in [-0.25, -0.2) is 4.98 Å². The first-order valence-electron chi connectivity index (χ1n) is 12.1. The lowest BCUT2D eigenvalue weighted by Crippen LogP contribution is -2.48. The van der Waals surface area contributed by atoms with Gasteiger partial charge < -0.3 is 29.6 Å². The largest absolute Gasteiger partial charge is 0.497 e. The molecule has 10 nitrogen and oxygen atoms in total. The molecule has 3 aromatic rings. The average molecular weight is 522 g/mol. The maximum Gasteiger partial charge on any atom is 0.230 e. The number of hydrogen-bond acceptors (Lipinski definition) is 8. The topological polar surface area (TPSA) is 108 Å². The fraction of sp³-hybridized carbons (Fsp3) is 0.308. The van der Waals surface area contributed by atoms with Crippen molar-refractivity contribution in [3.8, 4) is 17.4 Å². The van der Waals surface area contributed by atoms with Crippen molar-refractivity contribution in [1.82, 2.24) is 24.8 Å². The second kappa shape index (κ2) is 10.9. The van der Waals surface area contributed by atoms with Crippen LogP contribution in [0.3, 0.4) is 0 Å². The van der Waals surface area contributed by atoms with Crippen molar-refractivity contribution in [2.24, 2.45) is 0 Å². The number of carbonyl (C=O) groups excluding carboxylic acids is 1. The molecule has 2 N–H and O–H groups in total. The number of fused-ring (bicyclic) bond motifs is 1. The van der Waals surface area contributed by atoms with E-state index in [-0.39, 0.29) is 5.91 Å². The van der Waals surface area contributed by atoms with Crippen LogP contribution >= 0.6 is 11.6 Å². The Bertz CT molecular complexity index is 1320. The summed E-state index contributed by atoms with van der Waals surface area (Å²) in [5.41, 5.74) is 1.89. The first-order chi connectivity index (χ1) is 18.0. The maximum atomic E-state index is 11.8. The zero-order valence-electron chi connectivity index (χ0n) is 20.7. The first-order valence-corrected chi connectivity index (χ1v) is 12.4. The molecule has 0 spiro atoms. The number of hydrogen-bond donors (Lipinski definition) is 2. The van der Waals surface area contributed by atoms with Gasteiger partial charge in [0.25, 0.3) is 0 Å². The summed E-state index contributed by atoms with van der Waals surface area (Å²) in [6.45, 7) is 4.48. The molecular weight excluding hydrogens is 494 g/mol. The summed E-state index contributed by atoms with van der Waals surface area (Å²) >= 11 is 6.40. The van der Waals surface area contributed by atoms with E-state index in [4.69, 9.17) is 26.1 Å². The quantitative estimate of drug-likeness (QED) is 0.472. The summed E-state index contributed by atoms with van der Waals surface area (Å²) in [7, 11) is 1.58. The Balaban J connectivity index is 1.38. The van der Waals surface area contributed by atoms with Crippen LogP contribution in [0, 0.1) is 0 Å². The van der Waals surface area contributed by atoms with Crippen LogP contribution in [0.25, 0.3) is 12.2 Å². The zero-order valence-corrected chi connectivity index (χ0v) is 21.5. The lowest BCUT2D eigenvalue weighted by Gasteiger charge is -2.34. The van der Waals surface area contributed by atoms with Crippen LogP contribution in [0.15, 0.2) is 36.4 Å². The SMILES string of the molecule is COc1ccc(Oc2cc(NCc3nc4c([nH]3)C=CCC=C4)nc(N3CCN(C(C)=O)CC3)n2)c(Cl)c1. The second-order valence-electron chi connectivity index (χ2n) is 8.66. The number of aromatic amines is 1. The van der Waals surface area contributed by atoms with Crippen LogP contribution in [0.1, 0.15) is 30.6 Å². The van der Waals surface area contributed by atoms with E-state index in [1.54, 1.807) is 38.3 Å². The van der Waals surface area contributed by atoms with E-state index in [0.29, 0.717) is 66.9 Å². The molecule has 0 saturated carbocycles. The first kappa shape index (κ1) is 24.6. The van der Waals surface area contributed by atoms with Gasteiger partial charge in [-0.3, -0.25) is 4.79 Å². The Labute approximate surface area is 220 Å². The molecule has 1 aliphatic carbocycles. The number of amides is 1. The third-order valence-corrected chi connectivity index (χ3v) is 6.43. The summed E-state index contributed by atoms with van der Waals surface area (Å²) < 4.78 is 11.3. The number of nitrogens with one attached hydrogen (secondary N) is 2. The number of anilines is 2. The standard InChI is InChI=1S/C26H28ClN7O3/c1-17(35)33-10-12-34(13-11-33)26-31-23(28-16-24-29-20-6-4-3-5-7-21(20)30-24)15-25(32-26)37-22-9-8-18(36-2)14-19(22)27/h4-9,14-15H,3,10-13,16H2,1-2H3,(H,29,30)(H,28,31,32). The van der Waals surface area contributed by atoms with Gasteiger partial charge in [-0.05, 0) is 30.7 Å². The van der Waals surface area contributed by atoms with Gasteiger partial charge in [0.15, 0.2) is 0 Å². The van der Waals surface area contributed by atoms with Gasteiger partial charge in [-0.2, -0.15) is 9.97 Å². The maximum absolute atomic E-state index is 11.8. The molecule has 2 aromatic heterocycles. The zero-order chi connectivity index (χ0) is 25.8. The van der Waals surface area contributed by atoms with Crippen LogP contribution in [0.5, 0.6) is 17.4 Å². The number of allylic oxidation sites excluding steroid dienone is 2. The van der Waals surface area contributed by atoms with Gasteiger partial charge in [0, 0.05) is 45.2 Å². The minimum absolute atomic E-state index is 0.0655. The average Bonchev–Trinajstić information content (AvgIpc) is 3.17. The Morgan fingerprint density at radius 1 is 1.11 bits per heavy atom. The van der Waals surface area contributed by atoms with Crippen LogP contribution in [-0.4, -0.2) is 64.0 Å². The van der Waals surface area contributed by atoms with E-state index in [1.165, 1.54) is 0 Å². The summed E-state index contributed by atoms with van der Waals surface area (Å²) in [4.78, 5) is 33.0. The van der Waals surface area contributed by atoms with Gasteiger partial charge >= 0.3 is 0 Å². The molecule has 1 aliphatic heterocycles. The number of aromatic nitrogens is 4. The van der Waals surface area contributed by atoms with E-state index in [1.807, 2.05) is 22.0 Å². The smallest absolute Gasteiger partial charge is 0.230 e. The summed E-state index contributed by atoms with van der Waals surface area (Å²) in [6, 6.07) is 6.92. The lowest BCUT2D eigenvalue weighted by molar-refractivity contribution is -0.129. The molecule has 0 radical (unpaired) electrons. The minimum Gasteiger partial charge on any atom is -0.497 e. The molecule has 2 aliphatic rings. The number of halogens is 1. The minimum atomic E-state index is 0.0655. The van der Waals surface area contributed by atoms with E-state index in [9.17, 15) is 4.79 Å². The number of nitrogens with zero attached hydrogens (tertiary/aromatic N) is 5. The van der Waals surface area contributed by atoms with Gasteiger partial charge in [0.05, 0.1) is 30.1 Å². The molecule has 0 atom stereocenters. The van der Waals surface area contributed by atoms with Crippen molar-refractivity contribution in [3.05, 3.63) is 58.7 Å². The molecule has 1 aromatic carbocycles. The summed E-state index contributed by atoms with van der Waals surface area (Å²) in [6.07, 6.45) is 9.12. The molecular formula is C26H28ClN7O3. The van der Waals surface area contributed by atoms with Crippen molar-refractivity contribution in [2.45, 2.75) is 19.9 Å². The Morgan fingerprint density at radius 3 is 2.68 bits per heavy atom. The molecule has 1 amide bonds. The Morgan fingerprint density at radius 2 is 1.92 bits per heavy atom. The third kappa shape index (κ3) is 5.86. The number of H-pyrrole nitrogens is 1. The summed E-state index contributed by atoms with van der Waals surface area (Å²) in [5.74, 6) is 3.37. The number of piperazine rings is 1. The van der Waals surface area contributed by atoms with Crippen LogP contribution < -0.4 is 19.7 Å². The second-order valence-corrected chi connectivity index (χ2v) is 9.07. The third-order valence-electron chi connectivity index (χ3n) is 6.13. The van der Waals surface area contributed by atoms with E-state index < -0.39 is 0 Å². The van der Waals surface area contributed by atoms with E-state index in [2.05, 4.69) is 32.4 Å². The van der Waals surface area contributed by atoms with Gasteiger partial charge in [-0.1, -0.05) is 23.8 Å². The number of imidazole rings is 1. The Hall–Kier alpha value is -4.05. The van der Waals surface area contributed by atoms with E-state index >= 15 is 0 Å². The van der Waals surface area contributed by atoms with Crippen molar-refractivity contribution in [2.75, 3.05) is 43.5 Å². The molecule has 37 heavy (non-hydrogen) atoms. The van der Waals surface area contributed by atoms with Crippen molar-refractivity contribution >= 4 is 41.4 Å². The van der Waals surface area contributed by atoms with Crippen molar-refractivity contribution < 1.29 is 14.3 Å². The molecule has 0 unspecified atom stereocenters. The lowest BCUT2D eigenvalue weighted by atomic mass is 10.3. The number of ether oxygens (including phenoxy) is 2. The molecule has 3 heterocycles. The van der Waals surface area contributed by atoms with Gasteiger partial charge in [0.2, 0.25) is 17.7 Å². The molecule has 5 rings (SSSR count). The van der Waals surface area contributed by atoms with Crippen LogP contribution in [0.2, 0.25) is 5.02 Å². The highest BCUT2D eigenvalue weighted by atomic mass is 35.5. The fourth-order valence-electron chi connectivity index (χ4n) is 4.13. The molecule has 11 heteroatoms. The number of benzene rings is 1. The van der Waals surface area contributed by atoms with Crippen LogP contribution in [0.4, 0.5) is 11.8 Å². The Kier molecular flexibility index (Phi) is 7.27. The van der Waals surface area contributed by atoms with Gasteiger partial charge in [0.1, 0.15) is 23.1 Å². The van der Waals surface area contributed by atoms with Crippen molar-refractivity contribution in [1.29, 1.82) is 0 Å². The molecule has 1 saturated heterocycles. The predicted octanol–water partition coefficient (Wildman–Crippen LogP) is 4.36. The predicted molar refractivity (Wildman–Crippen MR) is 143 cm³/mol. The summed E-state index contributed by atoms with van der Waals surface area (Å²) in [5, 5.41) is 3.74. The van der Waals surface area contributed by atoms with E-state index in [0.717, 1.165) is 23.6 Å².